The predicted octanol–water partition coefficient (Wildman–Crippen LogP) is 2.78. The number of ether oxygens (including phenoxy) is 2. The molecule has 0 aromatic heterocycles. The first-order valence-corrected chi connectivity index (χ1v) is 11.9. The summed E-state index contributed by atoms with van der Waals surface area (Å²) >= 11 is 5.90. The van der Waals surface area contributed by atoms with Gasteiger partial charge in [0.05, 0.1) is 6.61 Å². The van der Waals surface area contributed by atoms with Gasteiger partial charge in [-0.1, -0.05) is 23.7 Å². The Bertz CT molecular complexity index is 1050. The molecule has 194 valence electrons. The van der Waals surface area contributed by atoms with Crippen LogP contribution in [0.15, 0.2) is 48.5 Å². The zero-order valence-electron chi connectivity index (χ0n) is 20.3. The number of nitrogens with one attached hydrogen (secondary N) is 2. The number of piperazine rings is 1. The van der Waals surface area contributed by atoms with Gasteiger partial charge in [0.15, 0.2) is 6.61 Å². The molecule has 0 radical (unpaired) electrons. The summed E-state index contributed by atoms with van der Waals surface area (Å²) in [4.78, 5) is 41.0. The highest BCUT2D eigenvalue weighted by atomic mass is 35.5. The van der Waals surface area contributed by atoms with Gasteiger partial charge in [-0.25, -0.2) is 9.18 Å². The number of hydrogen-bond acceptors (Lipinski definition) is 6. The number of carbonyl (C=O) groups excluding carboxylic acids is 3. The maximum absolute atomic E-state index is 13.3. The number of amides is 3. The lowest BCUT2D eigenvalue weighted by molar-refractivity contribution is -0.145. The third kappa shape index (κ3) is 7.82. The van der Waals surface area contributed by atoms with Crippen molar-refractivity contribution < 1.29 is 28.2 Å². The Labute approximate surface area is 214 Å². The van der Waals surface area contributed by atoms with Crippen molar-refractivity contribution in [1.82, 2.24) is 20.4 Å². The Hall–Kier alpha value is -3.37. The van der Waals surface area contributed by atoms with E-state index in [0.29, 0.717) is 37.0 Å². The smallest absolute Gasteiger partial charge is 0.325 e. The third-order valence-electron chi connectivity index (χ3n) is 5.64. The molecule has 9 nitrogen and oxygen atoms in total. The molecule has 2 aromatic rings. The quantitative estimate of drug-likeness (QED) is 0.493. The number of rotatable bonds is 9. The molecular weight excluding hydrogens is 491 g/mol. The summed E-state index contributed by atoms with van der Waals surface area (Å²) in [5.74, 6) is -0.715. The van der Waals surface area contributed by atoms with Gasteiger partial charge in [0.2, 0.25) is 0 Å². The van der Waals surface area contributed by atoms with E-state index in [9.17, 15) is 18.8 Å². The zero-order valence-corrected chi connectivity index (χ0v) is 21.0. The second kappa shape index (κ2) is 12.5. The van der Waals surface area contributed by atoms with Crippen molar-refractivity contribution in [3.05, 3.63) is 64.9 Å². The summed E-state index contributed by atoms with van der Waals surface area (Å²) in [5, 5.41) is 5.85. The number of hydrogen-bond donors (Lipinski definition) is 2. The summed E-state index contributed by atoms with van der Waals surface area (Å²) in [7, 11) is 0. The van der Waals surface area contributed by atoms with Gasteiger partial charge >= 0.3 is 12.0 Å². The van der Waals surface area contributed by atoms with Gasteiger partial charge in [0.25, 0.3) is 5.91 Å². The van der Waals surface area contributed by atoms with E-state index < -0.39 is 17.7 Å². The van der Waals surface area contributed by atoms with Crippen LogP contribution < -0.4 is 15.4 Å². The van der Waals surface area contributed by atoms with Crippen molar-refractivity contribution in [2.45, 2.75) is 26.1 Å². The van der Waals surface area contributed by atoms with Gasteiger partial charge < -0.3 is 25.0 Å². The average Bonchev–Trinajstić information content (AvgIpc) is 2.84. The van der Waals surface area contributed by atoms with Crippen molar-refractivity contribution in [3.63, 3.8) is 0 Å². The summed E-state index contributed by atoms with van der Waals surface area (Å²) in [6.07, 6.45) is 0. The van der Waals surface area contributed by atoms with Crippen molar-refractivity contribution in [1.29, 1.82) is 0 Å². The highest BCUT2D eigenvalue weighted by Crippen LogP contribution is 2.22. The molecule has 1 saturated heterocycles. The Morgan fingerprint density at radius 2 is 1.78 bits per heavy atom. The molecule has 3 amide bonds. The van der Waals surface area contributed by atoms with Crippen molar-refractivity contribution in [2.24, 2.45) is 0 Å². The first kappa shape index (κ1) is 27.2. The maximum Gasteiger partial charge on any atom is 0.325 e. The van der Waals surface area contributed by atoms with Gasteiger partial charge in [-0.15, -0.1) is 0 Å². The molecule has 1 aliphatic rings. The summed E-state index contributed by atoms with van der Waals surface area (Å²) in [5.41, 5.74) is -0.214. The van der Waals surface area contributed by atoms with Gasteiger partial charge in [-0.05, 0) is 55.8 Å². The van der Waals surface area contributed by atoms with Crippen LogP contribution in [0.1, 0.15) is 19.4 Å². The minimum Gasteiger partial charge on any atom is -0.484 e. The lowest BCUT2D eigenvalue weighted by atomic mass is 10.0. The molecule has 1 aliphatic heterocycles. The van der Waals surface area contributed by atoms with E-state index in [1.165, 1.54) is 12.1 Å². The number of carbonyl (C=O) groups is 3. The molecule has 0 spiro atoms. The van der Waals surface area contributed by atoms with E-state index in [0.717, 1.165) is 5.56 Å². The third-order valence-corrected chi connectivity index (χ3v) is 5.90. The van der Waals surface area contributed by atoms with Crippen LogP contribution in [0.5, 0.6) is 5.75 Å². The van der Waals surface area contributed by atoms with Crippen LogP contribution in [0.2, 0.25) is 5.02 Å². The fourth-order valence-electron chi connectivity index (χ4n) is 3.98. The van der Waals surface area contributed by atoms with Crippen LogP contribution in [0, 0.1) is 5.82 Å². The molecule has 1 atom stereocenters. The highest BCUT2D eigenvalue weighted by Gasteiger charge is 2.41. The molecule has 3 rings (SSSR count). The summed E-state index contributed by atoms with van der Waals surface area (Å²) in [6.45, 7) is 4.72. The molecule has 2 aromatic carbocycles. The summed E-state index contributed by atoms with van der Waals surface area (Å²) < 4.78 is 23.8. The first-order chi connectivity index (χ1) is 17.2. The minimum absolute atomic E-state index is 0.202. The van der Waals surface area contributed by atoms with E-state index in [4.69, 9.17) is 21.1 Å². The Kier molecular flexibility index (Phi) is 9.49. The van der Waals surface area contributed by atoms with Gasteiger partial charge in [-0.2, -0.15) is 0 Å². The Morgan fingerprint density at radius 1 is 1.08 bits per heavy atom. The molecule has 11 heteroatoms. The van der Waals surface area contributed by atoms with E-state index >= 15 is 0 Å². The van der Waals surface area contributed by atoms with Crippen molar-refractivity contribution >= 4 is 29.5 Å². The molecule has 0 aliphatic carbocycles. The second-order valence-electron chi connectivity index (χ2n) is 8.51. The van der Waals surface area contributed by atoms with Gasteiger partial charge in [-0.3, -0.25) is 14.5 Å². The largest absolute Gasteiger partial charge is 0.484 e. The zero-order chi connectivity index (χ0) is 26.1. The molecule has 0 bridgehead atoms. The normalized spacial score (nSPS) is 17.8. The lowest BCUT2D eigenvalue weighted by Crippen LogP contribution is -2.71. The topological polar surface area (TPSA) is 100 Å². The number of urea groups is 1. The van der Waals surface area contributed by atoms with E-state index in [1.807, 2.05) is 0 Å². The standard InChI is InChI=1S/C25H30ClFN4O5/c1-3-35-23(33)14-28-24(34)29-25(2)17-30(15-18-4-8-20(27)9-5-18)12-13-31(25)22(32)16-36-21-10-6-19(26)7-11-21/h4-11H,3,12-17H2,1-2H3,(H2,28,29,34). The molecule has 1 fully saturated rings. The Balaban J connectivity index is 1.69. The predicted molar refractivity (Wildman–Crippen MR) is 132 cm³/mol. The van der Waals surface area contributed by atoms with Crippen LogP contribution in [0.25, 0.3) is 0 Å². The maximum atomic E-state index is 13.3. The highest BCUT2D eigenvalue weighted by molar-refractivity contribution is 6.30. The number of benzene rings is 2. The Morgan fingerprint density at radius 3 is 2.44 bits per heavy atom. The SMILES string of the molecule is CCOC(=O)CNC(=O)NC1(C)CN(Cc2ccc(F)cc2)CCN1C(=O)COc1ccc(Cl)cc1. The second-order valence-corrected chi connectivity index (χ2v) is 8.95. The van der Waals surface area contributed by atoms with Crippen molar-refractivity contribution in [2.75, 3.05) is 39.4 Å². The minimum atomic E-state index is -1.11. The van der Waals surface area contributed by atoms with Crippen LogP contribution in [0.4, 0.5) is 9.18 Å². The number of esters is 1. The van der Waals surface area contributed by atoms with E-state index in [2.05, 4.69) is 15.5 Å². The first-order valence-electron chi connectivity index (χ1n) is 11.6. The molecule has 1 unspecified atom stereocenters. The number of halogens is 2. The monoisotopic (exact) mass is 520 g/mol. The number of nitrogens with zero attached hydrogens (tertiary/aromatic N) is 2. The lowest BCUT2D eigenvalue weighted by Gasteiger charge is -2.49. The van der Waals surface area contributed by atoms with E-state index in [1.54, 1.807) is 55.1 Å². The molecule has 0 saturated carbocycles. The van der Waals surface area contributed by atoms with Crippen LogP contribution in [-0.2, 0) is 20.9 Å². The van der Waals surface area contributed by atoms with Crippen molar-refractivity contribution in [3.8, 4) is 5.75 Å². The van der Waals surface area contributed by atoms with Gasteiger partial charge in [0, 0.05) is 31.2 Å². The van der Waals surface area contributed by atoms with Crippen LogP contribution in [0.3, 0.4) is 0 Å². The molecular formula is C25H30ClFN4O5. The van der Waals surface area contributed by atoms with Crippen LogP contribution >= 0.6 is 11.6 Å². The molecule has 2 N–H and O–H groups in total. The average molecular weight is 521 g/mol. The molecule has 1 heterocycles. The van der Waals surface area contributed by atoms with Gasteiger partial charge in [0.1, 0.15) is 23.8 Å². The fourth-order valence-corrected chi connectivity index (χ4v) is 4.11. The fraction of sp³-hybridized carbons (Fsp3) is 0.400. The van der Waals surface area contributed by atoms with E-state index in [-0.39, 0.29) is 31.5 Å². The van der Waals surface area contributed by atoms with Crippen LogP contribution in [-0.4, -0.2) is 72.8 Å². The summed E-state index contributed by atoms with van der Waals surface area (Å²) in [6, 6.07) is 12.2. The molecule has 36 heavy (non-hydrogen) atoms.